The second-order valence-electron chi connectivity index (χ2n) is 4.51. The molecule has 8 nitrogen and oxygen atoms in total. The van der Waals surface area contributed by atoms with Crippen molar-refractivity contribution in [2.45, 2.75) is 6.36 Å². The topological polar surface area (TPSA) is 110 Å². The van der Waals surface area contributed by atoms with E-state index >= 15 is 0 Å². The van der Waals surface area contributed by atoms with E-state index in [0.29, 0.717) is 0 Å². The van der Waals surface area contributed by atoms with Crippen LogP contribution in [0.15, 0.2) is 39.4 Å². The first-order valence-corrected chi connectivity index (χ1v) is 7.48. The Morgan fingerprint density at radius 1 is 1.38 bits per heavy atom. The van der Waals surface area contributed by atoms with Gasteiger partial charge < -0.3 is 14.6 Å². The number of amides is 1. The number of nitrogens with zero attached hydrogens (tertiary/aromatic N) is 2. The molecule has 0 aromatic heterocycles. The lowest BCUT2D eigenvalue weighted by atomic mass is 10.2. The number of phenols is 1. The molecule has 138 valence electrons. The van der Waals surface area contributed by atoms with Crippen LogP contribution in [0.1, 0.15) is 5.56 Å². The molecule has 0 unspecified atom stereocenters. The van der Waals surface area contributed by atoms with Gasteiger partial charge >= 0.3 is 12.3 Å². The summed E-state index contributed by atoms with van der Waals surface area (Å²) in [6, 6.07) is 2.90. The number of halogens is 3. The maximum Gasteiger partial charge on any atom is 0.573 e. The van der Waals surface area contributed by atoms with Gasteiger partial charge in [0.15, 0.2) is 5.17 Å². The van der Waals surface area contributed by atoms with Gasteiger partial charge in [0.05, 0.1) is 18.2 Å². The molecule has 0 spiro atoms. The normalized spacial score (nSPS) is 17.8. The molecule has 1 fully saturated rings. The van der Waals surface area contributed by atoms with E-state index in [1.54, 1.807) is 0 Å². The van der Waals surface area contributed by atoms with Crippen LogP contribution in [0.4, 0.5) is 13.2 Å². The predicted octanol–water partition coefficient (Wildman–Crippen LogP) is 1.90. The number of rotatable bonds is 4. The molecular formula is C14H10F3N3O5S. The quantitative estimate of drug-likeness (QED) is 0.352. The fourth-order valence-electron chi connectivity index (χ4n) is 1.61. The Morgan fingerprint density at radius 3 is 2.73 bits per heavy atom. The molecule has 0 saturated carbocycles. The van der Waals surface area contributed by atoms with Crippen LogP contribution < -0.4 is 10.1 Å². The summed E-state index contributed by atoms with van der Waals surface area (Å²) in [6.45, 7) is 0. The molecule has 0 bridgehead atoms. The van der Waals surface area contributed by atoms with E-state index in [4.69, 9.17) is 0 Å². The number of amidine groups is 1. The maximum atomic E-state index is 12.1. The van der Waals surface area contributed by atoms with Gasteiger partial charge in [-0.1, -0.05) is 0 Å². The van der Waals surface area contributed by atoms with Gasteiger partial charge in [-0.15, -0.1) is 18.3 Å². The Hall–Kier alpha value is -3.02. The Morgan fingerprint density at radius 2 is 2.12 bits per heavy atom. The average Bonchev–Trinajstić information content (AvgIpc) is 2.87. The first-order chi connectivity index (χ1) is 12.2. The lowest BCUT2D eigenvalue weighted by Gasteiger charge is -2.09. The Balaban J connectivity index is 2.06. The van der Waals surface area contributed by atoms with Gasteiger partial charge in [0.25, 0.3) is 5.91 Å². The molecule has 1 saturated heterocycles. The summed E-state index contributed by atoms with van der Waals surface area (Å²) in [5, 5.41) is 19.4. The highest BCUT2D eigenvalue weighted by molar-refractivity contribution is 8.18. The molecule has 1 aromatic carbocycles. The molecule has 1 aliphatic rings. The number of ether oxygens (including phenoxy) is 2. The maximum absolute atomic E-state index is 12.1. The van der Waals surface area contributed by atoms with Gasteiger partial charge in [-0.2, -0.15) is 5.10 Å². The van der Waals surface area contributed by atoms with E-state index in [1.165, 1.54) is 0 Å². The van der Waals surface area contributed by atoms with Crippen LogP contribution in [0.25, 0.3) is 0 Å². The van der Waals surface area contributed by atoms with E-state index in [9.17, 15) is 27.9 Å². The van der Waals surface area contributed by atoms with E-state index in [1.807, 2.05) is 0 Å². The van der Waals surface area contributed by atoms with E-state index in [2.05, 4.69) is 25.0 Å². The van der Waals surface area contributed by atoms with Crippen molar-refractivity contribution in [1.29, 1.82) is 0 Å². The Kier molecular flexibility index (Phi) is 5.87. The van der Waals surface area contributed by atoms with Crippen LogP contribution in [0.2, 0.25) is 0 Å². The van der Waals surface area contributed by atoms with Gasteiger partial charge in [-0.3, -0.25) is 10.1 Å². The molecule has 1 heterocycles. The molecule has 12 heteroatoms. The first-order valence-electron chi connectivity index (χ1n) is 6.66. The van der Waals surface area contributed by atoms with Gasteiger partial charge in [0, 0.05) is 17.7 Å². The van der Waals surface area contributed by atoms with Crippen molar-refractivity contribution in [3.63, 3.8) is 0 Å². The fraction of sp³-hybridized carbons (Fsp3) is 0.143. The minimum atomic E-state index is -4.87. The summed E-state index contributed by atoms with van der Waals surface area (Å²) in [5.74, 6) is -2.37. The summed E-state index contributed by atoms with van der Waals surface area (Å²) in [5.41, 5.74) is 0.0727. The van der Waals surface area contributed by atoms with Crippen molar-refractivity contribution < 1.29 is 37.3 Å². The number of methoxy groups -OCH3 is 1. The minimum absolute atomic E-state index is 0.0577. The zero-order chi connectivity index (χ0) is 19.3. The van der Waals surface area contributed by atoms with Crippen LogP contribution in [0.5, 0.6) is 11.5 Å². The minimum Gasteiger partial charge on any atom is -0.507 e. The largest absolute Gasteiger partial charge is 0.573 e. The third kappa shape index (κ3) is 5.51. The highest BCUT2D eigenvalue weighted by atomic mass is 32.2. The Labute approximate surface area is 148 Å². The molecule has 0 aliphatic carbocycles. The summed E-state index contributed by atoms with van der Waals surface area (Å²) in [4.78, 5) is 22.7. The first kappa shape index (κ1) is 19.3. The summed E-state index contributed by atoms with van der Waals surface area (Å²) < 4.78 is 44.3. The molecule has 1 aliphatic heterocycles. The molecule has 2 N–H and O–H groups in total. The predicted molar refractivity (Wildman–Crippen MR) is 85.7 cm³/mol. The monoisotopic (exact) mass is 389 g/mol. The smallest absolute Gasteiger partial charge is 0.507 e. The van der Waals surface area contributed by atoms with Crippen molar-refractivity contribution >= 4 is 35.0 Å². The summed E-state index contributed by atoms with van der Waals surface area (Å²) in [7, 11) is 1.16. The molecule has 1 amide bonds. The van der Waals surface area contributed by atoms with Crippen molar-refractivity contribution in [1.82, 2.24) is 5.32 Å². The third-order valence-electron chi connectivity index (χ3n) is 2.68. The highest BCUT2D eigenvalue weighted by Gasteiger charge is 2.31. The van der Waals surface area contributed by atoms with E-state index in [0.717, 1.165) is 49.4 Å². The molecule has 1 aromatic rings. The van der Waals surface area contributed by atoms with Crippen LogP contribution in [0.3, 0.4) is 0 Å². The van der Waals surface area contributed by atoms with Gasteiger partial charge in [-0.25, -0.2) is 4.79 Å². The van der Waals surface area contributed by atoms with E-state index < -0.39 is 29.7 Å². The van der Waals surface area contributed by atoms with Crippen LogP contribution in [0, 0.1) is 0 Å². The van der Waals surface area contributed by atoms with Crippen LogP contribution in [-0.4, -0.2) is 41.8 Å². The number of phenolic OH excluding ortho intramolecular Hbond substituents is 1. The van der Waals surface area contributed by atoms with Crippen molar-refractivity contribution in [2.75, 3.05) is 7.11 Å². The van der Waals surface area contributed by atoms with Crippen molar-refractivity contribution in [3.8, 4) is 11.5 Å². The highest BCUT2D eigenvalue weighted by Crippen LogP contribution is 2.28. The lowest BCUT2D eigenvalue weighted by Crippen LogP contribution is -2.19. The van der Waals surface area contributed by atoms with Gasteiger partial charge in [0.2, 0.25) is 0 Å². The van der Waals surface area contributed by atoms with Crippen molar-refractivity contribution in [2.24, 2.45) is 10.2 Å². The molecule has 2 rings (SSSR count). The number of alkyl halides is 3. The Bertz CT molecular complexity index is 821. The standard InChI is InChI=1S/C14H10F3N3O5S/c1-24-11(22)5-10-12(23)19-13(26-10)20-18-6-7-2-3-8(4-9(7)21)25-14(15,16)17/h2-6,21H,1H3,(H,19,20,23)/b10-5+,18-6?. The number of thioether (sulfide) groups is 1. The zero-order valence-electron chi connectivity index (χ0n) is 12.9. The van der Waals surface area contributed by atoms with Crippen LogP contribution in [-0.2, 0) is 14.3 Å². The second kappa shape index (κ2) is 7.91. The van der Waals surface area contributed by atoms with Crippen LogP contribution >= 0.6 is 11.8 Å². The molecule has 0 atom stereocenters. The van der Waals surface area contributed by atoms with E-state index in [-0.39, 0.29) is 15.6 Å². The number of hydrogen-bond donors (Lipinski definition) is 2. The number of hydrogen-bond acceptors (Lipinski definition) is 8. The number of benzene rings is 1. The number of carbonyl (C=O) groups excluding carboxylic acids is 2. The summed E-state index contributed by atoms with van der Waals surface area (Å²) >= 11 is 0.839. The number of carbonyl (C=O) groups is 2. The third-order valence-corrected chi connectivity index (χ3v) is 3.58. The van der Waals surface area contributed by atoms with Gasteiger partial charge in [-0.05, 0) is 23.9 Å². The SMILES string of the molecule is COC(=O)/C=C1/S/C(=N\N=Cc2ccc(OC(F)(F)F)cc2O)NC1=O. The number of esters is 1. The zero-order valence-corrected chi connectivity index (χ0v) is 13.7. The average molecular weight is 389 g/mol. The lowest BCUT2D eigenvalue weighted by molar-refractivity contribution is -0.274. The number of nitrogens with one attached hydrogen (secondary N) is 1. The number of aromatic hydroxyl groups is 1. The second-order valence-corrected chi connectivity index (χ2v) is 5.54. The molecule has 0 radical (unpaired) electrons. The summed E-state index contributed by atoms with van der Waals surface area (Å²) in [6.07, 6.45) is -2.83. The molecular weight excluding hydrogens is 379 g/mol. The molecule has 26 heavy (non-hydrogen) atoms. The van der Waals surface area contributed by atoms with Gasteiger partial charge in [0.1, 0.15) is 11.5 Å². The van der Waals surface area contributed by atoms with Crippen molar-refractivity contribution in [3.05, 3.63) is 34.7 Å². The fourth-order valence-corrected chi connectivity index (χ4v) is 2.35.